The molecule has 2 N–H and O–H groups in total. The SMILES string of the molecule is O=C(O)COc1ccccc1NC(=O)C1CC=CC1. The van der Waals surface area contributed by atoms with Gasteiger partial charge in [-0.25, -0.2) is 4.79 Å². The van der Waals surface area contributed by atoms with E-state index in [4.69, 9.17) is 9.84 Å². The zero-order chi connectivity index (χ0) is 13.7. The van der Waals surface area contributed by atoms with Crippen molar-refractivity contribution in [1.29, 1.82) is 0 Å². The van der Waals surface area contributed by atoms with Crippen molar-refractivity contribution in [1.82, 2.24) is 0 Å². The number of allylic oxidation sites excluding steroid dienone is 2. The third-order valence-electron chi connectivity index (χ3n) is 2.87. The Labute approximate surface area is 110 Å². The lowest BCUT2D eigenvalue weighted by Crippen LogP contribution is -2.21. The minimum atomic E-state index is -1.05. The van der Waals surface area contributed by atoms with Gasteiger partial charge in [-0.15, -0.1) is 0 Å². The van der Waals surface area contributed by atoms with Gasteiger partial charge in [0.25, 0.3) is 0 Å². The number of nitrogens with one attached hydrogen (secondary N) is 1. The zero-order valence-corrected chi connectivity index (χ0v) is 10.3. The van der Waals surface area contributed by atoms with E-state index in [0.29, 0.717) is 11.4 Å². The summed E-state index contributed by atoms with van der Waals surface area (Å²) < 4.78 is 5.13. The van der Waals surface area contributed by atoms with Crippen LogP contribution in [-0.2, 0) is 9.59 Å². The van der Waals surface area contributed by atoms with Gasteiger partial charge in [0, 0.05) is 5.92 Å². The summed E-state index contributed by atoms with van der Waals surface area (Å²) >= 11 is 0. The number of carbonyl (C=O) groups excluding carboxylic acids is 1. The number of hydrogen-bond acceptors (Lipinski definition) is 3. The van der Waals surface area contributed by atoms with Crippen molar-refractivity contribution < 1.29 is 19.4 Å². The van der Waals surface area contributed by atoms with Crippen LogP contribution in [0.3, 0.4) is 0 Å². The highest BCUT2D eigenvalue weighted by atomic mass is 16.5. The van der Waals surface area contributed by atoms with Crippen LogP contribution >= 0.6 is 0 Å². The van der Waals surface area contributed by atoms with Gasteiger partial charge < -0.3 is 15.2 Å². The molecule has 0 aliphatic heterocycles. The number of amides is 1. The number of carboxylic acid groups (broad SMARTS) is 1. The van der Waals surface area contributed by atoms with Gasteiger partial charge in [-0.05, 0) is 25.0 Å². The van der Waals surface area contributed by atoms with Gasteiger partial charge in [0.05, 0.1) is 5.69 Å². The van der Waals surface area contributed by atoms with Crippen molar-refractivity contribution in [3.8, 4) is 5.75 Å². The fraction of sp³-hybridized carbons (Fsp3) is 0.286. The molecule has 0 saturated carbocycles. The smallest absolute Gasteiger partial charge is 0.341 e. The first-order valence-corrected chi connectivity index (χ1v) is 6.06. The molecule has 2 rings (SSSR count). The maximum atomic E-state index is 12.0. The zero-order valence-electron chi connectivity index (χ0n) is 10.3. The Bertz CT molecular complexity index is 502. The van der Waals surface area contributed by atoms with E-state index in [9.17, 15) is 9.59 Å². The average Bonchev–Trinajstić information content (AvgIpc) is 2.91. The van der Waals surface area contributed by atoms with Crippen LogP contribution in [0.15, 0.2) is 36.4 Å². The molecule has 0 spiro atoms. The van der Waals surface area contributed by atoms with Gasteiger partial charge in [0.15, 0.2) is 6.61 Å². The summed E-state index contributed by atoms with van der Waals surface area (Å²) in [6.07, 6.45) is 5.45. The minimum Gasteiger partial charge on any atom is -0.480 e. The summed E-state index contributed by atoms with van der Waals surface area (Å²) in [7, 11) is 0. The van der Waals surface area contributed by atoms with Crippen LogP contribution in [0.4, 0.5) is 5.69 Å². The minimum absolute atomic E-state index is 0.0486. The van der Waals surface area contributed by atoms with Crippen LogP contribution in [0, 0.1) is 5.92 Å². The normalized spacial score (nSPS) is 14.3. The second-order valence-electron chi connectivity index (χ2n) is 4.31. The third kappa shape index (κ3) is 3.58. The molecule has 5 nitrogen and oxygen atoms in total. The molecular weight excluding hydrogens is 246 g/mol. The highest BCUT2D eigenvalue weighted by molar-refractivity contribution is 5.94. The van der Waals surface area contributed by atoms with Crippen LogP contribution in [-0.4, -0.2) is 23.6 Å². The molecule has 0 unspecified atom stereocenters. The number of rotatable bonds is 5. The van der Waals surface area contributed by atoms with E-state index >= 15 is 0 Å². The summed E-state index contributed by atoms with van der Waals surface area (Å²) in [4.78, 5) is 22.5. The fourth-order valence-electron chi connectivity index (χ4n) is 1.90. The highest BCUT2D eigenvalue weighted by Crippen LogP contribution is 2.26. The van der Waals surface area contributed by atoms with Crippen molar-refractivity contribution in [2.24, 2.45) is 5.92 Å². The summed E-state index contributed by atoms with van der Waals surface area (Å²) in [5, 5.41) is 11.4. The number of carboxylic acids is 1. The molecule has 0 heterocycles. The van der Waals surface area contributed by atoms with E-state index in [1.807, 2.05) is 12.2 Å². The monoisotopic (exact) mass is 261 g/mol. The highest BCUT2D eigenvalue weighted by Gasteiger charge is 2.20. The lowest BCUT2D eigenvalue weighted by Gasteiger charge is -2.13. The molecule has 1 aromatic carbocycles. The van der Waals surface area contributed by atoms with Crippen molar-refractivity contribution in [2.45, 2.75) is 12.8 Å². The molecule has 1 aliphatic carbocycles. The predicted molar refractivity (Wildman–Crippen MR) is 70.1 cm³/mol. The average molecular weight is 261 g/mol. The second-order valence-corrected chi connectivity index (χ2v) is 4.31. The Balaban J connectivity index is 2.02. The van der Waals surface area contributed by atoms with Crippen molar-refractivity contribution in [3.63, 3.8) is 0 Å². The van der Waals surface area contributed by atoms with E-state index in [0.717, 1.165) is 12.8 Å². The number of para-hydroxylation sites is 2. The maximum Gasteiger partial charge on any atom is 0.341 e. The molecule has 100 valence electrons. The molecule has 1 aromatic rings. The largest absolute Gasteiger partial charge is 0.480 e. The molecule has 5 heteroatoms. The van der Waals surface area contributed by atoms with Crippen LogP contribution in [0.5, 0.6) is 5.75 Å². The molecule has 0 aromatic heterocycles. The van der Waals surface area contributed by atoms with E-state index < -0.39 is 12.6 Å². The summed E-state index contributed by atoms with van der Waals surface area (Å²) in [6, 6.07) is 6.81. The van der Waals surface area contributed by atoms with Gasteiger partial charge in [0.1, 0.15) is 5.75 Å². The molecule has 0 radical (unpaired) electrons. The first kappa shape index (κ1) is 13.1. The van der Waals surface area contributed by atoms with E-state index in [1.165, 1.54) is 0 Å². The van der Waals surface area contributed by atoms with Crippen LogP contribution in [0.2, 0.25) is 0 Å². The molecule has 0 fully saturated rings. The topological polar surface area (TPSA) is 75.6 Å². The predicted octanol–water partition coefficient (Wildman–Crippen LogP) is 2.05. The van der Waals surface area contributed by atoms with Crippen LogP contribution < -0.4 is 10.1 Å². The Kier molecular flexibility index (Phi) is 4.18. The quantitative estimate of drug-likeness (QED) is 0.795. The van der Waals surface area contributed by atoms with Crippen molar-refractivity contribution in [3.05, 3.63) is 36.4 Å². The standard InChI is InChI=1S/C14H15NO4/c16-13(17)9-19-12-8-4-3-7-11(12)15-14(18)10-5-1-2-6-10/h1-4,7-8,10H,5-6,9H2,(H,15,18)(H,16,17). The Hall–Kier alpha value is -2.30. The maximum absolute atomic E-state index is 12.0. The number of benzene rings is 1. The number of aliphatic carboxylic acids is 1. The Morgan fingerprint density at radius 2 is 1.95 bits per heavy atom. The lowest BCUT2D eigenvalue weighted by atomic mass is 10.1. The second kappa shape index (κ2) is 6.04. The number of ether oxygens (including phenoxy) is 1. The van der Waals surface area contributed by atoms with Crippen molar-refractivity contribution in [2.75, 3.05) is 11.9 Å². The van der Waals surface area contributed by atoms with E-state index in [1.54, 1.807) is 24.3 Å². The van der Waals surface area contributed by atoms with Gasteiger partial charge in [-0.2, -0.15) is 0 Å². The van der Waals surface area contributed by atoms with Gasteiger partial charge in [0.2, 0.25) is 5.91 Å². The molecule has 0 bridgehead atoms. The van der Waals surface area contributed by atoms with Crippen LogP contribution in [0.25, 0.3) is 0 Å². The lowest BCUT2D eigenvalue weighted by molar-refractivity contribution is -0.139. The Morgan fingerprint density at radius 3 is 2.63 bits per heavy atom. The first-order chi connectivity index (χ1) is 9.16. The number of carbonyl (C=O) groups is 2. The molecule has 1 amide bonds. The van der Waals surface area contributed by atoms with Crippen LogP contribution in [0.1, 0.15) is 12.8 Å². The molecule has 1 aliphatic rings. The summed E-state index contributed by atoms with van der Waals surface area (Å²) in [6.45, 7) is -0.433. The van der Waals surface area contributed by atoms with E-state index in [2.05, 4.69) is 5.32 Å². The summed E-state index contributed by atoms with van der Waals surface area (Å²) in [5.74, 6) is -0.811. The first-order valence-electron chi connectivity index (χ1n) is 6.06. The molecular formula is C14H15NO4. The molecule has 0 saturated heterocycles. The van der Waals surface area contributed by atoms with Gasteiger partial charge in [-0.1, -0.05) is 24.3 Å². The van der Waals surface area contributed by atoms with E-state index in [-0.39, 0.29) is 11.8 Å². The Morgan fingerprint density at radius 1 is 1.26 bits per heavy atom. The fourth-order valence-corrected chi connectivity index (χ4v) is 1.90. The van der Waals surface area contributed by atoms with Crippen molar-refractivity contribution >= 4 is 17.6 Å². The third-order valence-corrected chi connectivity index (χ3v) is 2.87. The molecule has 0 atom stereocenters. The number of anilines is 1. The van der Waals surface area contributed by atoms with Gasteiger partial charge in [-0.3, -0.25) is 4.79 Å². The molecule has 19 heavy (non-hydrogen) atoms. The van der Waals surface area contributed by atoms with Gasteiger partial charge >= 0.3 is 5.97 Å². The number of hydrogen-bond donors (Lipinski definition) is 2. The summed E-state index contributed by atoms with van der Waals surface area (Å²) in [5.41, 5.74) is 0.501.